The lowest BCUT2D eigenvalue weighted by molar-refractivity contribution is 0.459. The Bertz CT molecular complexity index is 417. The number of aromatic nitrogens is 1. The molecule has 0 aliphatic carbocycles. The van der Waals surface area contributed by atoms with E-state index in [0.29, 0.717) is 5.88 Å². The molecule has 1 heterocycles. The molecule has 0 radical (unpaired) electrons. The number of aryl methyl sites for hydroxylation is 1. The molecule has 78 valence electrons. The van der Waals surface area contributed by atoms with Crippen molar-refractivity contribution in [2.75, 3.05) is 0 Å². The fraction of sp³-hybridized carbons (Fsp3) is 0.0833. The number of halogens is 1. The summed E-state index contributed by atoms with van der Waals surface area (Å²) < 4.78 is 5.60. The SMILES string of the molecule is Cc1ccccc1Oc1ccccn1.Cl. The van der Waals surface area contributed by atoms with Gasteiger partial charge in [0.1, 0.15) is 5.75 Å². The van der Waals surface area contributed by atoms with E-state index in [1.165, 1.54) is 0 Å². The minimum atomic E-state index is 0. The molecular weight excluding hydrogens is 210 g/mol. The Morgan fingerprint density at radius 2 is 1.73 bits per heavy atom. The summed E-state index contributed by atoms with van der Waals surface area (Å²) in [4.78, 5) is 4.09. The molecule has 0 N–H and O–H groups in total. The van der Waals surface area contributed by atoms with Crippen LogP contribution < -0.4 is 4.74 Å². The maximum atomic E-state index is 5.60. The maximum Gasteiger partial charge on any atom is 0.219 e. The molecule has 0 atom stereocenters. The number of nitrogens with zero attached hydrogens (tertiary/aromatic N) is 1. The van der Waals surface area contributed by atoms with E-state index in [4.69, 9.17) is 4.74 Å². The average molecular weight is 222 g/mol. The van der Waals surface area contributed by atoms with Crippen molar-refractivity contribution in [2.24, 2.45) is 0 Å². The second-order valence-corrected chi connectivity index (χ2v) is 3.04. The van der Waals surface area contributed by atoms with Crippen molar-refractivity contribution in [3.8, 4) is 11.6 Å². The van der Waals surface area contributed by atoms with Crippen LogP contribution in [0.3, 0.4) is 0 Å². The standard InChI is InChI=1S/C12H11NO.ClH/c1-10-6-2-3-7-11(10)14-12-8-4-5-9-13-12;/h2-9H,1H3;1H. The van der Waals surface area contributed by atoms with Gasteiger partial charge in [0, 0.05) is 12.3 Å². The maximum absolute atomic E-state index is 5.60. The Kier molecular flexibility index (Phi) is 4.13. The molecule has 1 aromatic carbocycles. The summed E-state index contributed by atoms with van der Waals surface area (Å²) in [5.41, 5.74) is 1.11. The molecule has 0 unspecified atom stereocenters. The summed E-state index contributed by atoms with van der Waals surface area (Å²) in [7, 11) is 0. The Morgan fingerprint density at radius 1 is 1.00 bits per heavy atom. The summed E-state index contributed by atoms with van der Waals surface area (Å²) in [5.74, 6) is 1.48. The van der Waals surface area contributed by atoms with Crippen LogP contribution in [0.5, 0.6) is 11.6 Å². The van der Waals surface area contributed by atoms with Crippen molar-refractivity contribution in [3.05, 3.63) is 54.2 Å². The van der Waals surface area contributed by atoms with Crippen LogP contribution in [0.15, 0.2) is 48.7 Å². The molecule has 3 heteroatoms. The van der Waals surface area contributed by atoms with Gasteiger partial charge < -0.3 is 4.74 Å². The number of hydrogen-bond acceptors (Lipinski definition) is 2. The van der Waals surface area contributed by atoms with E-state index in [1.807, 2.05) is 49.4 Å². The first-order valence-corrected chi connectivity index (χ1v) is 4.51. The van der Waals surface area contributed by atoms with Crippen LogP contribution in [-0.2, 0) is 0 Å². The van der Waals surface area contributed by atoms with Gasteiger partial charge in [0.25, 0.3) is 0 Å². The summed E-state index contributed by atoms with van der Waals surface area (Å²) >= 11 is 0. The van der Waals surface area contributed by atoms with Crippen LogP contribution in [0.25, 0.3) is 0 Å². The highest BCUT2D eigenvalue weighted by molar-refractivity contribution is 5.85. The zero-order valence-electron chi connectivity index (χ0n) is 8.38. The lowest BCUT2D eigenvalue weighted by Crippen LogP contribution is -1.88. The molecule has 2 aromatic rings. The number of para-hydroxylation sites is 1. The first kappa shape index (κ1) is 11.5. The minimum absolute atomic E-state index is 0. The fourth-order valence-electron chi connectivity index (χ4n) is 1.19. The predicted octanol–water partition coefficient (Wildman–Crippen LogP) is 3.60. The quantitative estimate of drug-likeness (QED) is 0.773. The van der Waals surface area contributed by atoms with Gasteiger partial charge in [0.15, 0.2) is 0 Å². The van der Waals surface area contributed by atoms with E-state index < -0.39 is 0 Å². The molecule has 15 heavy (non-hydrogen) atoms. The number of rotatable bonds is 2. The van der Waals surface area contributed by atoms with Crippen LogP contribution in [0.1, 0.15) is 5.56 Å². The van der Waals surface area contributed by atoms with Gasteiger partial charge in [0.05, 0.1) is 0 Å². The zero-order valence-corrected chi connectivity index (χ0v) is 9.20. The first-order valence-electron chi connectivity index (χ1n) is 4.51. The lowest BCUT2D eigenvalue weighted by Gasteiger charge is -2.06. The van der Waals surface area contributed by atoms with Crippen LogP contribution >= 0.6 is 12.4 Å². The van der Waals surface area contributed by atoms with Gasteiger partial charge in [-0.15, -0.1) is 12.4 Å². The van der Waals surface area contributed by atoms with Crippen LogP contribution in [0.4, 0.5) is 0 Å². The summed E-state index contributed by atoms with van der Waals surface area (Å²) in [6, 6.07) is 13.5. The average Bonchev–Trinajstić information content (AvgIpc) is 2.23. The van der Waals surface area contributed by atoms with Crippen LogP contribution in [0.2, 0.25) is 0 Å². The van der Waals surface area contributed by atoms with E-state index in [2.05, 4.69) is 4.98 Å². The van der Waals surface area contributed by atoms with Gasteiger partial charge in [-0.1, -0.05) is 24.3 Å². The molecule has 0 aliphatic heterocycles. The highest BCUT2D eigenvalue weighted by Gasteiger charge is 1.99. The third-order valence-corrected chi connectivity index (χ3v) is 1.95. The fourth-order valence-corrected chi connectivity index (χ4v) is 1.19. The van der Waals surface area contributed by atoms with Gasteiger partial charge in [0.2, 0.25) is 5.88 Å². The van der Waals surface area contributed by atoms with E-state index in [0.717, 1.165) is 11.3 Å². The lowest BCUT2D eigenvalue weighted by atomic mass is 10.2. The minimum Gasteiger partial charge on any atom is -0.439 e. The van der Waals surface area contributed by atoms with Crippen molar-refractivity contribution in [1.29, 1.82) is 0 Å². The molecule has 2 rings (SSSR count). The largest absolute Gasteiger partial charge is 0.439 e. The number of ether oxygens (including phenoxy) is 1. The summed E-state index contributed by atoms with van der Waals surface area (Å²) in [6.07, 6.45) is 1.72. The van der Waals surface area contributed by atoms with Crippen molar-refractivity contribution >= 4 is 12.4 Å². The third kappa shape index (κ3) is 2.96. The monoisotopic (exact) mass is 221 g/mol. The molecule has 2 nitrogen and oxygen atoms in total. The van der Waals surface area contributed by atoms with E-state index in [-0.39, 0.29) is 12.4 Å². The van der Waals surface area contributed by atoms with E-state index in [9.17, 15) is 0 Å². The molecule has 0 saturated carbocycles. The van der Waals surface area contributed by atoms with Gasteiger partial charge in [-0.25, -0.2) is 4.98 Å². The highest BCUT2D eigenvalue weighted by atomic mass is 35.5. The molecule has 0 spiro atoms. The Morgan fingerprint density at radius 3 is 2.40 bits per heavy atom. The number of hydrogen-bond donors (Lipinski definition) is 0. The summed E-state index contributed by atoms with van der Waals surface area (Å²) in [6.45, 7) is 2.01. The zero-order chi connectivity index (χ0) is 9.80. The number of pyridine rings is 1. The van der Waals surface area contributed by atoms with E-state index in [1.54, 1.807) is 6.20 Å². The topological polar surface area (TPSA) is 22.1 Å². The first-order chi connectivity index (χ1) is 6.86. The van der Waals surface area contributed by atoms with Crippen molar-refractivity contribution in [3.63, 3.8) is 0 Å². The molecular formula is C12H12ClNO. The molecule has 0 amide bonds. The molecule has 0 saturated heterocycles. The van der Waals surface area contributed by atoms with Gasteiger partial charge in [-0.3, -0.25) is 0 Å². The molecule has 0 bridgehead atoms. The Labute approximate surface area is 95.3 Å². The van der Waals surface area contributed by atoms with Crippen molar-refractivity contribution in [2.45, 2.75) is 6.92 Å². The Hall–Kier alpha value is -1.54. The molecule has 0 fully saturated rings. The Balaban J connectivity index is 0.00000112. The summed E-state index contributed by atoms with van der Waals surface area (Å²) in [5, 5.41) is 0. The normalized spacial score (nSPS) is 9.13. The third-order valence-electron chi connectivity index (χ3n) is 1.95. The second-order valence-electron chi connectivity index (χ2n) is 3.04. The van der Waals surface area contributed by atoms with E-state index >= 15 is 0 Å². The van der Waals surface area contributed by atoms with Gasteiger partial charge >= 0.3 is 0 Å². The van der Waals surface area contributed by atoms with Crippen LogP contribution in [0, 0.1) is 6.92 Å². The molecule has 1 aromatic heterocycles. The van der Waals surface area contributed by atoms with Crippen LogP contribution in [-0.4, -0.2) is 4.98 Å². The highest BCUT2D eigenvalue weighted by Crippen LogP contribution is 2.22. The van der Waals surface area contributed by atoms with Gasteiger partial charge in [-0.2, -0.15) is 0 Å². The van der Waals surface area contributed by atoms with Crippen molar-refractivity contribution in [1.82, 2.24) is 4.98 Å². The predicted molar refractivity (Wildman–Crippen MR) is 62.7 cm³/mol. The smallest absolute Gasteiger partial charge is 0.219 e. The molecule has 0 aliphatic rings. The van der Waals surface area contributed by atoms with Gasteiger partial charge in [-0.05, 0) is 24.6 Å². The van der Waals surface area contributed by atoms with Crippen molar-refractivity contribution < 1.29 is 4.74 Å². The number of benzene rings is 1. The second kappa shape index (κ2) is 5.37.